The zero-order valence-electron chi connectivity index (χ0n) is 13.4. The first-order valence-corrected chi connectivity index (χ1v) is 9.59. The molecule has 3 rings (SSSR count). The predicted molar refractivity (Wildman–Crippen MR) is 92.9 cm³/mol. The minimum atomic E-state index is -2.99. The second-order valence-electron chi connectivity index (χ2n) is 5.97. The number of carbonyl (C=O) groups excluding carboxylic acids is 1. The van der Waals surface area contributed by atoms with Crippen LogP contribution in [0.5, 0.6) is 5.75 Å². The molecule has 24 heavy (non-hydrogen) atoms. The number of carbonyl (C=O) groups is 1. The molecule has 0 saturated carbocycles. The highest BCUT2D eigenvalue weighted by molar-refractivity contribution is 7.91. The van der Waals surface area contributed by atoms with Gasteiger partial charge in [-0.25, -0.2) is 13.2 Å². The second kappa shape index (κ2) is 6.68. The molecule has 0 aromatic heterocycles. The standard InChI is InChI=1S/C17H20N2O4S/c1-23-16-5-4-13-8-12(2-3-14(13)9-16)10-18-17(20)19-15-6-7-24(21,22)11-15/h2-5,8-9,15H,6-7,10-11H2,1H3,(H2,18,19,20)/t15-/m1/s1. The normalized spacial score (nSPS) is 19.1. The number of sulfone groups is 1. The van der Waals surface area contributed by atoms with E-state index in [-0.39, 0.29) is 23.6 Å². The van der Waals surface area contributed by atoms with Crippen molar-refractivity contribution < 1.29 is 17.9 Å². The third kappa shape index (κ3) is 3.97. The van der Waals surface area contributed by atoms with E-state index in [1.165, 1.54) is 0 Å². The average molecular weight is 348 g/mol. The van der Waals surface area contributed by atoms with Gasteiger partial charge in [-0.1, -0.05) is 18.2 Å². The van der Waals surface area contributed by atoms with Crippen LogP contribution in [0.25, 0.3) is 10.8 Å². The van der Waals surface area contributed by atoms with Crippen molar-refractivity contribution in [1.29, 1.82) is 0 Å². The number of ether oxygens (including phenoxy) is 1. The maximum Gasteiger partial charge on any atom is 0.315 e. The number of fused-ring (bicyclic) bond motifs is 1. The van der Waals surface area contributed by atoms with Gasteiger partial charge < -0.3 is 15.4 Å². The van der Waals surface area contributed by atoms with Gasteiger partial charge in [0.2, 0.25) is 0 Å². The molecule has 2 aromatic carbocycles. The highest BCUT2D eigenvalue weighted by Crippen LogP contribution is 2.21. The lowest BCUT2D eigenvalue weighted by atomic mass is 10.1. The zero-order valence-corrected chi connectivity index (χ0v) is 14.2. The fourth-order valence-corrected chi connectivity index (χ4v) is 4.51. The van der Waals surface area contributed by atoms with E-state index in [4.69, 9.17) is 4.74 Å². The van der Waals surface area contributed by atoms with Gasteiger partial charge in [-0.15, -0.1) is 0 Å². The van der Waals surface area contributed by atoms with Crippen molar-refractivity contribution in [3.63, 3.8) is 0 Å². The molecular weight excluding hydrogens is 328 g/mol. The lowest BCUT2D eigenvalue weighted by Crippen LogP contribution is -2.42. The molecule has 2 N–H and O–H groups in total. The van der Waals surface area contributed by atoms with E-state index < -0.39 is 9.84 Å². The van der Waals surface area contributed by atoms with E-state index in [9.17, 15) is 13.2 Å². The summed E-state index contributed by atoms with van der Waals surface area (Å²) in [7, 11) is -1.36. The maximum absolute atomic E-state index is 11.9. The summed E-state index contributed by atoms with van der Waals surface area (Å²) in [5.74, 6) is 0.976. The number of rotatable bonds is 4. The first-order valence-electron chi connectivity index (χ1n) is 7.77. The minimum Gasteiger partial charge on any atom is -0.497 e. The van der Waals surface area contributed by atoms with E-state index in [0.717, 1.165) is 22.1 Å². The largest absolute Gasteiger partial charge is 0.497 e. The Morgan fingerprint density at radius 2 is 1.96 bits per heavy atom. The second-order valence-corrected chi connectivity index (χ2v) is 8.20. The van der Waals surface area contributed by atoms with E-state index >= 15 is 0 Å². The fourth-order valence-electron chi connectivity index (χ4n) is 2.84. The van der Waals surface area contributed by atoms with Crippen LogP contribution in [0.4, 0.5) is 4.79 Å². The molecule has 0 unspecified atom stereocenters. The summed E-state index contributed by atoms with van der Waals surface area (Å²) >= 11 is 0. The molecule has 0 bridgehead atoms. The quantitative estimate of drug-likeness (QED) is 0.883. The van der Waals surface area contributed by atoms with Gasteiger partial charge >= 0.3 is 6.03 Å². The number of amides is 2. The van der Waals surface area contributed by atoms with Crippen molar-refractivity contribution in [3.8, 4) is 5.75 Å². The first-order chi connectivity index (χ1) is 11.4. The third-order valence-electron chi connectivity index (χ3n) is 4.13. The highest BCUT2D eigenvalue weighted by atomic mass is 32.2. The summed E-state index contributed by atoms with van der Waals surface area (Å²) in [6, 6.07) is 11.1. The Labute approximate surface area is 141 Å². The molecule has 2 amide bonds. The molecular formula is C17H20N2O4S. The van der Waals surface area contributed by atoms with Gasteiger partial charge in [0.1, 0.15) is 5.75 Å². The number of benzene rings is 2. The van der Waals surface area contributed by atoms with Crippen molar-refractivity contribution in [2.24, 2.45) is 0 Å². The first kappa shape index (κ1) is 16.6. The monoisotopic (exact) mass is 348 g/mol. The molecule has 6 nitrogen and oxygen atoms in total. The molecule has 1 fully saturated rings. The summed E-state index contributed by atoms with van der Waals surface area (Å²) in [6.07, 6.45) is 0.480. The summed E-state index contributed by atoms with van der Waals surface area (Å²) in [5.41, 5.74) is 0.974. The van der Waals surface area contributed by atoms with Gasteiger partial charge in [0, 0.05) is 12.6 Å². The van der Waals surface area contributed by atoms with Crippen molar-refractivity contribution in [1.82, 2.24) is 10.6 Å². The summed E-state index contributed by atoms with van der Waals surface area (Å²) < 4.78 is 28.0. The van der Waals surface area contributed by atoms with Crippen LogP contribution in [0.3, 0.4) is 0 Å². The predicted octanol–water partition coefficient (Wildman–Crippen LogP) is 1.83. The van der Waals surface area contributed by atoms with E-state index in [1.54, 1.807) is 7.11 Å². The zero-order chi connectivity index (χ0) is 17.2. The Morgan fingerprint density at radius 3 is 2.67 bits per heavy atom. The molecule has 1 aliphatic rings. The van der Waals surface area contributed by atoms with Gasteiger partial charge in [-0.05, 0) is 41.0 Å². The number of methoxy groups -OCH3 is 1. The van der Waals surface area contributed by atoms with Crippen LogP contribution in [0.15, 0.2) is 36.4 Å². The molecule has 7 heteroatoms. The van der Waals surface area contributed by atoms with Crippen LogP contribution in [-0.4, -0.2) is 39.1 Å². The lowest BCUT2D eigenvalue weighted by Gasteiger charge is -2.12. The molecule has 128 valence electrons. The highest BCUT2D eigenvalue weighted by Gasteiger charge is 2.28. The Hall–Kier alpha value is -2.28. The van der Waals surface area contributed by atoms with E-state index in [0.29, 0.717) is 13.0 Å². The minimum absolute atomic E-state index is 0.0260. The Kier molecular flexibility index (Phi) is 4.62. The molecule has 1 aliphatic heterocycles. The Bertz CT molecular complexity index is 864. The Balaban J connectivity index is 1.58. The number of hydrogen-bond acceptors (Lipinski definition) is 4. The van der Waals surface area contributed by atoms with Crippen molar-refractivity contribution in [3.05, 3.63) is 42.0 Å². The molecule has 1 heterocycles. The average Bonchev–Trinajstić information content (AvgIpc) is 2.90. The fraction of sp³-hybridized carbons (Fsp3) is 0.353. The van der Waals surface area contributed by atoms with E-state index in [1.807, 2.05) is 36.4 Å². The number of nitrogens with one attached hydrogen (secondary N) is 2. The van der Waals surface area contributed by atoms with E-state index in [2.05, 4.69) is 10.6 Å². The summed E-state index contributed by atoms with van der Waals surface area (Å²) in [4.78, 5) is 11.9. The van der Waals surface area contributed by atoms with Gasteiger partial charge in [-0.2, -0.15) is 0 Å². The van der Waals surface area contributed by atoms with Crippen molar-refractivity contribution >= 4 is 26.6 Å². The smallest absolute Gasteiger partial charge is 0.315 e. The van der Waals surface area contributed by atoms with Crippen LogP contribution < -0.4 is 15.4 Å². The number of urea groups is 1. The molecule has 2 aromatic rings. The lowest BCUT2D eigenvalue weighted by molar-refractivity contribution is 0.237. The topological polar surface area (TPSA) is 84.5 Å². The molecule has 1 atom stereocenters. The van der Waals surface area contributed by atoms with Gasteiger partial charge in [0.05, 0.1) is 18.6 Å². The van der Waals surface area contributed by atoms with Crippen LogP contribution in [0, 0.1) is 0 Å². The summed E-state index contributed by atoms with van der Waals surface area (Å²) in [5, 5.41) is 7.62. The van der Waals surface area contributed by atoms with Crippen LogP contribution in [0.1, 0.15) is 12.0 Å². The SMILES string of the molecule is COc1ccc2cc(CNC(=O)N[C@@H]3CCS(=O)(=O)C3)ccc2c1. The third-order valence-corrected chi connectivity index (χ3v) is 5.90. The summed E-state index contributed by atoms with van der Waals surface area (Å²) in [6.45, 7) is 0.382. The van der Waals surface area contributed by atoms with Crippen molar-refractivity contribution in [2.75, 3.05) is 18.6 Å². The Morgan fingerprint density at radius 1 is 1.21 bits per heavy atom. The van der Waals surface area contributed by atoms with Crippen LogP contribution in [-0.2, 0) is 16.4 Å². The van der Waals surface area contributed by atoms with Gasteiger partial charge in [-0.3, -0.25) is 0 Å². The maximum atomic E-state index is 11.9. The number of hydrogen-bond donors (Lipinski definition) is 2. The molecule has 0 aliphatic carbocycles. The van der Waals surface area contributed by atoms with Crippen molar-refractivity contribution in [2.45, 2.75) is 19.0 Å². The van der Waals surface area contributed by atoms with Gasteiger partial charge in [0.15, 0.2) is 9.84 Å². The molecule has 0 spiro atoms. The molecule has 1 saturated heterocycles. The van der Waals surface area contributed by atoms with Crippen LogP contribution >= 0.6 is 0 Å². The van der Waals surface area contributed by atoms with Gasteiger partial charge in [0.25, 0.3) is 0 Å². The van der Waals surface area contributed by atoms with Crippen LogP contribution in [0.2, 0.25) is 0 Å². The molecule has 0 radical (unpaired) electrons.